The Morgan fingerprint density at radius 3 is 2.26 bits per heavy atom. The topological polar surface area (TPSA) is 46.3 Å². The lowest BCUT2D eigenvalue weighted by Gasteiger charge is -2.30. The number of amides is 1. The highest BCUT2D eigenvalue weighted by atomic mass is 35.5. The van der Waals surface area contributed by atoms with Gasteiger partial charge in [0.2, 0.25) is 5.91 Å². The van der Waals surface area contributed by atoms with Crippen molar-refractivity contribution < 1.29 is 9.18 Å². The van der Waals surface area contributed by atoms with Crippen LogP contribution in [0.4, 0.5) is 4.39 Å². The van der Waals surface area contributed by atoms with Gasteiger partial charge in [-0.05, 0) is 31.5 Å². The van der Waals surface area contributed by atoms with E-state index in [4.69, 9.17) is 5.73 Å². The summed E-state index contributed by atoms with van der Waals surface area (Å²) in [6.45, 7) is 6.65. The molecule has 19 heavy (non-hydrogen) atoms. The van der Waals surface area contributed by atoms with Gasteiger partial charge in [0.05, 0.1) is 6.04 Å². The highest BCUT2D eigenvalue weighted by Gasteiger charge is 2.23. The molecule has 1 rings (SSSR count). The van der Waals surface area contributed by atoms with Crippen molar-refractivity contribution in [1.82, 2.24) is 4.90 Å². The molecule has 0 radical (unpaired) electrons. The van der Waals surface area contributed by atoms with Crippen molar-refractivity contribution in [2.45, 2.75) is 26.8 Å². The van der Waals surface area contributed by atoms with E-state index in [-0.39, 0.29) is 36.1 Å². The molecule has 0 aliphatic carbocycles. The summed E-state index contributed by atoms with van der Waals surface area (Å²) >= 11 is 0. The SMILES string of the molecule is CCN(C(=O)C(C)CN)C(C)c1ccc(F)cc1.Cl. The van der Waals surface area contributed by atoms with E-state index in [0.717, 1.165) is 5.56 Å². The van der Waals surface area contributed by atoms with Gasteiger partial charge in [-0.1, -0.05) is 19.1 Å². The minimum atomic E-state index is -0.268. The van der Waals surface area contributed by atoms with E-state index >= 15 is 0 Å². The van der Waals surface area contributed by atoms with Gasteiger partial charge in [-0.2, -0.15) is 0 Å². The molecule has 0 saturated heterocycles. The average Bonchev–Trinajstić information content (AvgIpc) is 2.39. The Bertz CT molecular complexity index is 397. The van der Waals surface area contributed by atoms with Crippen LogP contribution in [0.3, 0.4) is 0 Å². The van der Waals surface area contributed by atoms with Gasteiger partial charge in [-0.25, -0.2) is 4.39 Å². The zero-order valence-corrected chi connectivity index (χ0v) is 12.4. The fraction of sp³-hybridized carbons (Fsp3) is 0.500. The summed E-state index contributed by atoms with van der Waals surface area (Å²) < 4.78 is 12.9. The van der Waals surface area contributed by atoms with Crippen molar-refractivity contribution in [3.05, 3.63) is 35.6 Å². The van der Waals surface area contributed by atoms with Crippen LogP contribution in [0.2, 0.25) is 0 Å². The first-order valence-electron chi connectivity index (χ1n) is 6.27. The van der Waals surface area contributed by atoms with E-state index in [1.54, 1.807) is 17.0 Å². The number of halogens is 2. The van der Waals surface area contributed by atoms with Crippen molar-refractivity contribution in [2.75, 3.05) is 13.1 Å². The molecule has 3 nitrogen and oxygen atoms in total. The summed E-state index contributed by atoms with van der Waals surface area (Å²) in [5.41, 5.74) is 6.45. The smallest absolute Gasteiger partial charge is 0.227 e. The molecule has 5 heteroatoms. The predicted octanol–water partition coefficient (Wildman–Crippen LogP) is 2.75. The van der Waals surface area contributed by atoms with E-state index in [2.05, 4.69) is 0 Å². The van der Waals surface area contributed by atoms with E-state index in [0.29, 0.717) is 13.1 Å². The van der Waals surface area contributed by atoms with E-state index < -0.39 is 0 Å². The van der Waals surface area contributed by atoms with Gasteiger partial charge in [0.25, 0.3) is 0 Å². The van der Waals surface area contributed by atoms with Gasteiger partial charge < -0.3 is 10.6 Å². The standard InChI is InChI=1S/C14H21FN2O.ClH/c1-4-17(14(18)10(2)9-16)11(3)12-5-7-13(15)8-6-12;/h5-8,10-11H,4,9,16H2,1-3H3;1H. The highest BCUT2D eigenvalue weighted by molar-refractivity contribution is 5.85. The molecule has 108 valence electrons. The molecular weight excluding hydrogens is 267 g/mol. The molecule has 0 bridgehead atoms. The number of hydrogen-bond acceptors (Lipinski definition) is 2. The first-order chi connectivity index (χ1) is 8.51. The maximum absolute atomic E-state index is 12.9. The van der Waals surface area contributed by atoms with Gasteiger partial charge in [0.1, 0.15) is 5.82 Å². The molecule has 0 aliphatic rings. The summed E-state index contributed by atoms with van der Waals surface area (Å²) in [6.07, 6.45) is 0. The first kappa shape index (κ1) is 17.9. The fourth-order valence-electron chi connectivity index (χ4n) is 1.93. The van der Waals surface area contributed by atoms with Crippen LogP contribution in [0, 0.1) is 11.7 Å². The van der Waals surface area contributed by atoms with Crippen LogP contribution < -0.4 is 5.73 Å². The molecule has 0 saturated carbocycles. The Labute approximate surface area is 120 Å². The molecule has 1 aromatic carbocycles. The number of hydrogen-bond donors (Lipinski definition) is 1. The third-order valence-corrected chi connectivity index (χ3v) is 3.22. The number of nitrogens with zero attached hydrogens (tertiary/aromatic N) is 1. The van der Waals surface area contributed by atoms with Crippen LogP contribution in [0.25, 0.3) is 0 Å². The van der Waals surface area contributed by atoms with E-state index in [1.807, 2.05) is 20.8 Å². The molecule has 1 aromatic rings. The Hall–Kier alpha value is -1.13. The number of carbonyl (C=O) groups excluding carboxylic acids is 1. The molecule has 0 spiro atoms. The number of benzene rings is 1. The van der Waals surface area contributed by atoms with Crippen molar-refractivity contribution in [3.63, 3.8) is 0 Å². The molecule has 0 aromatic heterocycles. The third-order valence-electron chi connectivity index (χ3n) is 3.22. The van der Waals surface area contributed by atoms with Crippen LogP contribution in [0.15, 0.2) is 24.3 Å². The minimum Gasteiger partial charge on any atom is -0.336 e. The van der Waals surface area contributed by atoms with Crippen LogP contribution in [0.1, 0.15) is 32.4 Å². The largest absolute Gasteiger partial charge is 0.336 e. The predicted molar refractivity (Wildman–Crippen MR) is 77.7 cm³/mol. The van der Waals surface area contributed by atoms with Crippen LogP contribution in [-0.4, -0.2) is 23.9 Å². The monoisotopic (exact) mass is 288 g/mol. The summed E-state index contributed by atoms with van der Waals surface area (Å²) in [4.78, 5) is 13.9. The molecule has 1 amide bonds. The van der Waals surface area contributed by atoms with Crippen LogP contribution >= 0.6 is 12.4 Å². The number of carbonyl (C=O) groups is 1. The van der Waals surface area contributed by atoms with Crippen molar-refractivity contribution in [3.8, 4) is 0 Å². The van der Waals surface area contributed by atoms with E-state index in [9.17, 15) is 9.18 Å². The summed E-state index contributed by atoms with van der Waals surface area (Å²) in [5.74, 6) is -0.416. The molecule has 2 unspecified atom stereocenters. The molecular formula is C14H22ClFN2O. The van der Waals surface area contributed by atoms with Gasteiger partial charge in [-0.15, -0.1) is 12.4 Å². The number of rotatable bonds is 5. The van der Waals surface area contributed by atoms with E-state index in [1.165, 1.54) is 12.1 Å². The Morgan fingerprint density at radius 1 is 1.32 bits per heavy atom. The lowest BCUT2D eigenvalue weighted by Crippen LogP contribution is -2.39. The van der Waals surface area contributed by atoms with Crippen molar-refractivity contribution in [2.24, 2.45) is 11.7 Å². The minimum absolute atomic E-state index is 0. The molecule has 2 N–H and O–H groups in total. The second kappa shape index (κ2) is 8.12. The Kier molecular flexibility index (Phi) is 7.64. The quantitative estimate of drug-likeness (QED) is 0.905. The Balaban J connectivity index is 0.00000324. The molecule has 0 aliphatic heterocycles. The Morgan fingerprint density at radius 2 is 1.84 bits per heavy atom. The lowest BCUT2D eigenvalue weighted by atomic mass is 10.0. The number of nitrogens with two attached hydrogens (primary N) is 1. The van der Waals surface area contributed by atoms with Gasteiger partial charge in [0, 0.05) is 19.0 Å². The van der Waals surface area contributed by atoms with Crippen molar-refractivity contribution >= 4 is 18.3 Å². The summed E-state index contributed by atoms with van der Waals surface area (Å²) in [7, 11) is 0. The van der Waals surface area contributed by atoms with Gasteiger partial charge >= 0.3 is 0 Å². The zero-order chi connectivity index (χ0) is 13.7. The molecule has 2 atom stereocenters. The van der Waals surface area contributed by atoms with Gasteiger partial charge in [0.15, 0.2) is 0 Å². The molecule has 0 heterocycles. The van der Waals surface area contributed by atoms with Crippen molar-refractivity contribution in [1.29, 1.82) is 0 Å². The average molecular weight is 289 g/mol. The first-order valence-corrected chi connectivity index (χ1v) is 6.27. The molecule has 0 fully saturated rings. The summed E-state index contributed by atoms with van der Waals surface area (Å²) in [5, 5.41) is 0. The third kappa shape index (κ3) is 4.48. The fourth-order valence-corrected chi connectivity index (χ4v) is 1.93. The second-order valence-corrected chi connectivity index (χ2v) is 4.49. The maximum atomic E-state index is 12.9. The maximum Gasteiger partial charge on any atom is 0.227 e. The normalized spacial score (nSPS) is 13.3. The second-order valence-electron chi connectivity index (χ2n) is 4.49. The van der Waals surface area contributed by atoms with Crippen LogP contribution in [-0.2, 0) is 4.79 Å². The summed E-state index contributed by atoms with van der Waals surface area (Å²) in [6, 6.07) is 6.18. The zero-order valence-electron chi connectivity index (χ0n) is 11.6. The van der Waals surface area contributed by atoms with Crippen LogP contribution in [0.5, 0.6) is 0 Å². The lowest BCUT2D eigenvalue weighted by molar-refractivity contribution is -0.136. The highest BCUT2D eigenvalue weighted by Crippen LogP contribution is 2.21. The van der Waals surface area contributed by atoms with Gasteiger partial charge in [-0.3, -0.25) is 4.79 Å².